The van der Waals surface area contributed by atoms with Crippen LogP contribution >= 0.6 is 0 Å². The van der Waals surface area contributed by atoms with Crippen molar-refractivity contribution < 1.29 is 14.3 Å². The highest BCUT2D eigenvalue weighted by Crippen LogP contribution is 2.20. The lowest BCUT2D eigenvalue weighted by atomic mass is 10.1. The van der Waals surface area contributed by atoms with Crippen molar-refractivity contribution in [1.82, 2.24) is 0 Å². The van der Waals surface area contributed by atoms with Gasteiger partial charge in [0, 0.05) is 12.7 Å². The molecular formula is C10H16O3. The van der Waals surface area contributed by atoms with Gasteiger partial charge in [-0.15, -0.1) is 0 Å². The maximum Gasteiger partial charge on any atom is 0.330 e. The lowest BCUT2D eigenvalue weighted by Crippen LogP contribution is -2.29. The van der Waals surface area contributed by atoms with Crippen LogP contribution in [0.15, 0.2) is 12.7 Å². The minimum absolute atomic E-state index is 0.0916. The van der Waals surface area contributed by atoms with Gasteiger partial charge >= 0.3 is 5.97 Å². The van der Waals surface area contributed by atoms with E-state index in [2.05, 4.69) is 6.58 Å². The molecule has 0 saturated carbocycles. The van der Waals surface area contributed by atoms with E-state index in [-0.39, 0.29) is 18.2 Å². The zero-order valence-electron chi connectivity index (χ0n) is 7.99. The summed E-state index contributed by atoms with van der Waals surface area (Å²) in [7, 11) is 0. The number of rotatable bonds is 4. The van der Waals surface area contributed by atoms with E-state index in [1.54, 1.807) is 0 Å². The zero-order chi connectivity index (χ0) is 9.68. The van der Waals surface area contributed by atoms with Crippen molar-refractivity contribution in [3.05, 3.63) is 12.7 Å². The Kier molecular flexibility index (Phi) is 3.96. The first-order valence-corrected chi connectivity index (χ1v) is 4.72. The Morgan fingerprint density at radius 1 is 1.85 bits per heavy atom. The fourth-order valence-electron chi connectivity index (χ4n) is 1.52. The minimum atomic E-state index is -0.359. The number of carbonyl (C=O) groups is 1. The van der Waals surface area contributed by atoms with Crippen LogP contribution in [-0.2, 0) is 14.3 Å². The number of hydrogen-bond donors (Lipinski definition) is 0. The van der Waals surface area contributed by atoms with E-state index in [4.69, 9.17) is 9.47 Å². The second-order valence-corrected chi connectivity index (χ2v) is 3.14. The molecule has 0 spiro atoms. The van der Waals surface area contributed by atoms with Crippen molar-refractivity contribution >= 4 is 5.97 Å². The molecule has 1 rings (SSSR count). The average Bonchev–Trinajstić information content (AvgIpc) is 2.66. The standard InChI is InChI=1S/C10H16O3/c1-3-8(13-10(11)4-2)9-6-5-7-12-9/h4,8-9H,2-3,5-7H2,1H3. The van der Waals surface area contributed by atoms with Gasteiger partial charge in [-0.3, -0.25) is 0 Å². The number of hydrogen-bond acceptors (Lipinski definition) is 3. The smallest absolute Gasteiger partial charge is 0.330 e. The van der Waals surface area contributed by atoms with E-state index < -0.39 is 0 Å². The maximum atomic E-state index is 10.9. The van der Waals surface area contributed by atoms with Crippen molar-refractivity contribution in [1.29, 1.82) is 0 Å². The Morgan fingerprint density at radius 3 is 3.08 bits per heavy atom. The van der Waals surface area contributed by atoms with Crippen molar-refractivity contribution in [3.63, 3.8) is 0 Å². The summed E-state index contributed by atoms with van der Waals surface area (Å²) in [5, 5.41) is 0. The van der Waals surface area contributed by atoms with Gasteiger partial charge in [0.25, 0.3) is 0 Å². The van der Waals surface area contributed by atoms with Gasteiger partial charge in [0.15, 0.2) is 0 Å². The summed E-state index contributed by atoms with van der Waals surface area (Å²) in [6.45, 7) is 6.13. The Balaban J connectivity index is 2.41. The van der Waals surface area contributed by atoms with Crippen LogP contribution in [0.5, 0.6) is 0 Å². The first kappa shape index (κ1) is 10.3. The molecule has 3 heteroatoms. The summed E-state index contributed by atoms with van der Waals surface area (Å²) in [5.41, 5.74) is 0. The van der Waals surface area contributed by atoms with Gasteiger partial charge < -0.3 is 9.47 Å². The molecule has 2 unspecified atom stereocenters. The third-order valence-corrected chi connectivity index (χ3v) is 2.22. The second kappa shape index (κ2) is 5.02. The van der Waals surface area contributed by atoms with Gasteiger partial charge in [-0.1, -0.05) is 13.5 Å². The molecule has 0 aliphatic carbocycles. The van der Waals surface area contributed by atoms with Gasteiger partial charge in [-0.05, 0) is 19.3 Å². The van der Waals surface area contributed by atoms with Crippen LogP contribution in [-0.4, -0.2) is 24.8 Å². The zero-order valence-corrected chi connectivity index (χ0v) is 7.99. The SMILES string of the molecule is C=CC(=O)OC(CC)C1CCCO1. The first-order valence-electron chi connectivity index (χ1n) is 4.72. The molecule has 0 aromatic carbocycles. The van der Waals surface area contributed by atoms with Crippen LogP contribution in [0.3, 0.4) is 0 Å². The van der Waals surface area contributed by atoms with Crippen molar-refractivity contribution in [2.24, 2.45) is 0 Å². The molecule has 0 aromatic heterocycles. The summed E-state index contributed by atoms with van der Waals surface area (Å²) in [6, 6.07) is 0. The third-order valence-electron chi connectivity index (χ3n) is 2.22. The second-order valence-electron chi connectivity index (χ2n) is 3.14. The lowest BCUT2D eigenvalue weighted by Gasteiger charge is -2.20. The minimum Gasteiger partial charge on any atom is -0.456 e. The largest absolute Gasteiger partial charge is 0.456 e. The monoisotopic (exact) mass is 184 g/mol. The maximum absolute atomic E-state index is 10.9. The Labute approximate surface area is 78.7 Å². The highest BCUT2D eigenvalue weighted by atomic mass is 16.6. The molecular weight excluding hydrogens is 168 g/mol. The molecule has 1 saturated heterocycles. The number of ether oxygens (including phenoxy) is 2. The molecule has 0 amide bonds. The molecule has 0 radical (unpaired) electrons. The Bertz CT molecular complexity index is 183. The quantitative estimate of drug-likeness (QED) is 0.492. The molecule has 0 aromatic rings. The molecule has 1 heterocycles. The average molecular weight is 184 g/mol. The summed E-state index contributed by atoms with van der Waals surface area (Å²) in [5.74, 6) is -0.359. The molecule has 1 aliphatic rings. The molecule has 1 fully saturated rings. The number of esters is 1. The van der Waals surface area contributed by atoms with E-state index >= 15 is 0 Å². The summed E-state index contributed by atoms with van der Waals surface area (Å²) >= 11 is 0. The molecule has 13 heavy (non-hydrogen) atoms. The topological polar surface area (TPSA) is 35.5 Å². The Hall–Kier alpha value is -0.830. The van der Waals surface area contributed by atoms with Gasteiger partial charge in [0.1, 0.15) is 6.10 Å². The fraction of sp³-hybridized carbons (Fsp3) is 0.700. The van der Waals surface area contributed by atoms with E-state index in [0.717, 1.165) is 25.9 Å². The van der Waals surface area contributed by atoms with E-state index in [0.29, 0.717) is 0 Å². The van der Waals surface area contributed by atoms with Crippen LogP contribution in [0, 0.1) is 0 Å². The normalized spacial score (nSPS) is 23.9. The predicted octanol–water partition coefficient (Wildman–Crippen LogP) is 1.67. The van der Waals surface area contributed by atoms with E-state index in [9.17, 15) is 4.79 Å². The molecule has 2 atom stereocenters. The van der Waals surface area contributed by atoms with Crippen LogP contribution < -0.4 is 0 Å². The van der Waals surface area contributed by atoms with Gasteiger partial charge in [-0.25, -0.2) is 4.79 Å². The fourth-order valence-corrected chi connectivity index (χ4v) is 1.52. The summed E-state index contributed by atoms with van der Waals surface area (Å²) < 4.78 is 10.6. The summed E-state index contributed by atoms with van der Waals surface area (Å²) in [6.07, 6.45) is 4.03. The molecule has 74 valence electrons. The molecule has 0 N–H and O–H groups in total. The van der Waals surface area contributed by atoms with Crippen LogP contribution in [0.4, 0.5) is 0 Å². The van der Waals surface area contributed by atoms with Gasteiger partial charge in [0.05, 0.1) is 6.10 Å². The van der Waals surface area contributed by atoms with Gasteiger partial charge in [0.2, 0.25) is 0 Å². The predicted molar refractivity (Wildman–Crippen MR) is 49.3 cm³/mol. The molecule has 1 aliphatic heterocycles. The number of carbonyl (C=O) groups excluding carboxylic acids is 1. The van der Waals surface area contributed by atoms with Crippen molar-refractivity contribution in [2.75, 3.05) is 6.61 Å². The van der Waals surface area contributed by atoms with Crippen LogP contribution in [0.1, 0.15) is 26.2 Å². The van der Waals surface area contributed by atoms with E-state index in [1.165, 1.54) is 6.08 Å². The van der Waals surface area contributed by atoms with E-state index in [1.807, 2.05) is 6.92 Å². The highest BCUT2D eigenvalue weighted by Gasteiger charge is 2.26. The Morgan fingerprint density at radius 2 is 2.62 bits per heavy atom. The van der Waals surface area contributed by atoms with Crippen molar-refractivity contribution in [2.45, 2.75) is 38.4 Å². The summed E-state index contributed by atoms with van der Waals surface area (Å²) in [4.78, 5) is 10.9. The van der Waals surface area contributed by atoms with Crippen molar-refractivity contribution in [3.8, 4) is 0 Å². The first-order chi connectivity index (χ1) is 6.27. The van der Waals surface area contributed by atoms with Gasteiger partial charge in [-0.2, -0.15) is 0 Å². The van der Waals surface area contributed by atoms with Crippen LogP contribution in [0.2, 0.25) is 0 Å². The third kappa shape index (κ3) is 2.84. The highest BCUT2D eigenvalue weighted by molar-refractivity contribution is 5.81. The van der Waals surface area contributed by atoms with Crippen LogP contribution in [0.25, 0.3) is 0 Å². The molecule has 3 nitrogen and oxygen atoms in total. The lowest BCUT2D eigenvalue weighted by molar-refractivity contribution is -0.149. The molecule has 0 bridgehead atoms.